The average Bonchev–Trinajstić information content (AvgIpc) is 2.51. The molecular weight excluding hydrogens is 294 g/mol. The summed E-state index contributed by atoms with van der Waals surface area (Å²) in [4.78, 5) is 23.8. The molecule has 2 rings (SSSR count). The summed E-state index contributed by atoms with van der Waals surface area (Å²) in [7, 11) is 0. The number of rotatable bonds is 4. The van der Waals surface area contributed by atoms with E-state index in [0.29, 0.717) is 11.3 Å². The highest BCUT2D eigenvalue weighted by Gasteiger charge is 2.15. The molecule has 0 radical (unpaired) electrons. The third-order valence-electron chi connectivity index (χ3n) is 3.46. The van der Waals surface area contributed by atoms with Crippen LogP contribution in [0.5, 0.6) is 5.75 Å². The van der Waals surface area contributed by atoms with E-state index in [1.165, 1.54) is 6.07 Å². The number of aromatic hydroxyl groups is 1. The predicted molar refractivity (Wildman–Crippen MR) is 87.7 cm³/mol. The Labute approximate surface area is 134 Å². The van der Waals surface area contributed by atoms with Crippen molar-refractivity contribution in [3.63, 3.8) is 0 Å². The van der Waals surface area contributed by atoms with Crippen molar-refractivity contribution in [1.29, 1.82) is 0 Å². The number of para-hydroxylation sites is 1. The van der Waals surface area contributed by atoms with Gasteiger partial charge in [-0.1, -0.05) is 24.3 Å². The molecule has 2 N–H and O–H groups in total. The van der Waals surface area contributed by atoms with Crippen LogP contribution in [-0.4, -0.2) is 23.6 Å². The molecule has 0 heterocycles. The van der Waals surface area contributed by atoms with Crippen molar-refractivity contribution in [3.05, 3.63) is 58.7 Å². The van der Waals surface area contributed by atoms with E-state index < -0.39 is 18.5 Å². The Morgan fingerprint density at radius 1 is 1.09 bits per heavy atom. The Balaban J connectivity index is 1.98. The van der Waals surface area contributed by atoms with Crippen LogP contribution < -0.4 is 5.32 Å². The molecule has 0 aliphatic carbocycles. The first-order valence-electron chi connectivity index (χ1n) is 7.21. The SMILES string of the molecule is Cc1ccc(C)c(NC(=O)COC(=O)c2cccc(C)c2O)c1. The Kier molecular flexibility index (Phi) is 5.01. The number of carbonyl (C=O) groups is 2. The second-order valence-electron chi connectivity index (χ2n) is 5.41. The maximum atomic E-state index is 11.9. The van der Waals surface area contributed by atoms with Gasteiger partial charge in [-0.2, -0.15) is 0 Å². The summed E-state index contributed by atoms with van der Waals surface area (Å²) in [6, 6.07) is 10.5. The second-order valence-corrected chi connectivity index (χ2v) is 5.41. The van der Waals surface area contributed by atoms with Crippen molar-refractivity contribution in [2.45, 2.75) is 20.8 Å². The molecule has 0 atom stereocenters. The fraction of sp³-hybridized carbons (Fsp3) is 0.222. The molecule has 0 aromatic heterocycles. The van der Waals surface area contributed by atoms with Crippen LogP contribution in [0.2, 0.25) is 0 Å². The van der Waals surface area contributed by atoms with Gasteiger partial charge < -0.3 is 15.2 Å². The lowest BCUT2D eigenvalue weighted by molar-refractivity contribution is -0.119. The van der Waals surface area contributed by atoms with E-state index in [-0.39, 0.29) is 11.3 Å². The minimum absolute atomic E-state index is 0.0459. The van der Waals surface area contributed by atoms with Crippen LogP contribution in [0.3, 0.4) is 0 Å². The lowest BCUT2D eigenvalue weighted by Crippen LogP contribution is -2.21. The Morgan fingerprint density at radius 3 is 2.57 bits per heavy atom. The molecule has 120 valence electrons. The van der Waals surface area contributed by atoms with E-state index in [2.05, 4.69) is 5.32 Å². The Hall–Kier alpha value is -2.82. The third kappa shape index (κ3) is 4.10. The van der Waals surface area contributed by atoms with E-state index in [0.717, 1.165) is 11.1 Å². The first-order valence-corrected chi connectivity index (χ1v) is 7.21. The number of amides is 1. The van der Waals surface area contributed by atoms with Gasteiger partial charge in [0.15, 0.2) is 6.61 Å². The summed E-state index contributed by atoms with van der Waals surface area (Å²) >= 11 is 0. The molecule has 0 saturated heterocycles. The van der Waals surface area contributed by atoms with Gasteiger partial charge in [-0.3, -0.25) is 4.79 Å². The quantitative estimate of drug-likeness (QED) is 0.850. The summed E-state index contributed by atoms with van der Waals surface area (Å²) in [6.45, 7) is 5.07. The second kappa shape index (κ2) is 6.96. The average molecular weight is 313 g/mol. The van der Waals surface area contributed by atoms with Gasteiger partial charge in [-0.05, 0) is 49.6 Å². The summed E-state index contributed by atoms with van der Waals surface area (Å²) in [5.74, 6) is -1.30. The van der Waals surface area contributed by atoms with E-state index in [4.69, 9.17) is 4.74 Å². The number of nitrogens with one attached hydrogen (secondary N) is 1. The number of anilines is 1. The first-order chi connectivity index (χ1) is 10.9. The molecule has 2 aromatic rings. The zero-order chi connectivity index (χ0) is 17.0. The molecule has 0 saturated carbocycles. The van der Waals surface area contributed by atoms with Crippen LogP contribution in [-0.2, 0) is 9.53 Å². The Bertz CT molecular complexity index is 753. The highest BCUT2D eigenvalue weighted by atomic mass is 16.5. The molecule has 0 aliphatic rings. The van der Waals surface area contributed by atoms with E-state index in [1.54, 1.807) is 19.1 Å². The van der Waals surface area contributed by atoms with Gasteiger partial charge in [0, 0.05) is 5.69 Å². The smallest absolute Gasteiger partial charge is 0.342 e. The number of phenolic OH excluding ortho intramolecular Hbond substituents is 1. The monoisotopic (exact) mass is 313 g/mol. The van der Waals surface area contributed by atoms with Crippen LogP contribution in [0.4, 0.5) is 5.69 Å². The molecule has 1 amide bonds. The number of aryl methyl sites for hydroxylation is 3. The van der Waals surface area contributed by atoms with Crippen molar-refractivity contribution in [3.8, 4) is 5.75 Å². The van der Waals surface area contributed by atoms with E-state index >= 15 is 0 Å². The van der Waals surface area contributed by atoms with Crippen molar-refractivity contribution in [1.82, 2.24) is 0 Å². The van der Waals surface area contributed by atoms with Crippen LogP contribution >= 0.6 is 0 Å². The molecule has 2 aromatic carbocycles. The number of hydrogen-bond acceptors (Lipinski definition) is 4. The molecule has 0 spiro atoms. The van der Waals surface area contributed by atoms with Gasteiger partial charge in [0.2, 0.25) is 0 Å². The maximum absolute atomic E-state index is 11.9. The summed E-state index contributed by atoms with van der Waals surface area (Å²) in [6.07, 6.45) is 0. The zero-order valence-corrected chi connectivity index (χ0v) is 13.3. The standard InChI is InChI=1S/C18H19NO4/c1-11-7-8-12(2)15(9-11)19-16(20)10-23-18(22)14-6-4-5-13(3)17(14)21/h4-9,21H,10H2,1-3H3,(H,19,20). The highest BCUT2D eigenvalue weighted by Crippen LogP contribution is 2.22. The van der Waals surface area contributed by atoms with E-state index in [1.807, 2.05) is 32.0 Å². The fourth-order valence-corrected chi connectivity index (χ4v) is 2.09. The number of benzene rings is 2. The van der Waals surface area contributed by atoms with Crippen LogP contribution in [0.1, 0.15) is 27.0 Å². The van der Waals surface area contributed by atoms with Crippen LogP contribution in [0.25, 0.3) is 0 Å². The topological polar surface area (TPSA) is 75.6 Å². The third-order valence-corrected chi connectivity index (χ3v) is 3.46. The molecule has 0 aliphatic heterocycles. The van der Waals surface area contributed by atoms with Crippen molar-refractivity contribution in [2.75, 3.05) is 11.9 Å². The number of carbonyl (C=O) groups excluding carboxylic acids is 2. The lowest BCUT2D eigenvalue weighted by atomic mass is 10.1. The molecule has 0 fully saturated rings. The highest BCUT2D eigenvalue weighted by molar-refractivity contribution is 5.97. The van der Waals surface area contributed by atoms with Gasteiger partial charge in [0.25, 0.3) is 5.91 Å². The normalized spacial score (nSPS) is 10.2. The van der Waals surface area contributed by atoms with Gasteiger partial charge in [-0.15, -0.1) is 0 Å². The Morgan fingerprint density at radius 2 is 1.83 bits per heavy atom. The van der Waals surface area contributed by atoms with Gasteiger partial charge in [-0.25, -0.2) is 4.79 Å². The van der Waals surface area contributed by atoms with Gasteiger partial charge in [0.1, 0.15) is 11.3 Å². The molecule has 0 bridgehead atoms. The van der Waals surface area contributed by atoms with E-state index in [9.17, 15) is 14.7 Å². The molecule has 23 heavy (non-hydrogen) atoms. The van der Waals surface area contributed by atoms with Crippen molar-refractivity contribution in [2.24, 2.45) is 0 Å². The number of esters is 1. The predicted octanol–water partition coefficient (Wildman–Crippen LogP) is 3.11. The number of ether oxygens (including phenoxy) is 1. The minimum Gasteiger partial charge on any atom is -0.507 e. The zero-order valence-electron chi connectivity index (χ0n) is 13.3. The maximum Gasteiger partial charge on any atom is 0.342 e. The van der Waals surface area contributed by atoms with Gasteiger partial charge >= 0.3 is 5.97 Å². The summed E-state index contributed by atoms with van der Waals surface area (Å²) < 4.78 is 4.96. The number of hydrogen-bond donors (Lipinski definition) is 2. The van der Waals surface area contributed by atoms with Gasteiger partial charge in [0.05, 0.1) is 0 Å². The van der Waals surface area contributed by atoms with Crippen molar-refractivity contribution >= 4 is 17.6 Å². The largest absolute Gasteiger partial charge is 0.507 e. The first kappa shape index (κ1) is 16.5. The van der Waals surface area contributed by atoms with Crippen LogP contribution in [0.15, 0.2) is 36.4 Å². The van der Waals surface area contributed by atoms with Crippen LogP contribution in [0, 0.1) is 20.8 Å². The lowest BCUT2D eigenvalue weighted by Gasteiger charge is -2.10. The summed E-state index contributed by atoms with van der Waals surface area (Å²) in [5, 5.41) is 12.5. The number of phenols is 1. The molecule has 5 heteroatoms. The minimum atomic E-state index is -0.734. The molecule has 0 unspecified atom stereocenters. The fourth-order valence-electron chi connectivity index (χ4n) is 2.09. The van der Waals surface area contributed by atoms with Crippen molar-refractivity contribution < 1.29 is 19.4 Å². The summed E-state index contributed by atoms with van der Waals surface area (Å²) in [5.41, 5.74) is 3.24. The molecule has 5 nitrogen and oxygen atoms in total. The molecular formula is C18H19NO4.